The van der Waals surface area contributed by atoms with Crippen LogP contribution in [0.5, 0.6) is 0 Å². The minimum absolute atomic E-state index is 0.0215. The van der Waals surface area contributed by atoms with Gasteiger partial charge in [0.15, 0.2) is 0 Å². The zero-order valence-corrected chi connectivity index (χ0v) is 14.8. The number of carbonyl (C=O) groups excluding carboxylic acids is 2. The Morgan fingerprint density at radius 2 is 1.80 bits per heavy atom. The highest BCUT2D eigenvalue weighted by Crippen LogP contribution is 2.27. The summed E-state index contributed by atoms with van der Waals surface area (Å²) in [4.78, 5) is 26.5. The summed E-state index contributed by atoms with van der Waals surface area (Å²) in [6, 6.07) is 16.1. The molecule has 0 aromatic heterocycles. The van der Waals surface area contributed by atoms with Crippen molar-refractivity contribution in [2.75, 3.05) is 18.0 Å². The maximum Gasteiger partial charge on any atom is 0.227 e. The maximum absolute atomic E-state index is 12.4. The van der Waals surface area contributed by atoms with Gasteiger partial charge in [-0.1, -0.05) is 36.4 Å². The summed E-state index contributed by atoms with van der Waals surface area (Å²) in [5, 5.41) is 2.97. The lowest BCUT2D eigenvalue weighted by atomic mass is 10.1. The lowest BCUT2D eigenvalue weighted by Crippen LogP contribution is -2.34. The van der Waals surface area contributed by atoms with E-state index in [2.05, 4.69) is 11.4 Å². The van der Waals surface area contributed by atoms with Crippen LogP contribution in [0.25, 0.3) is 0 Å². The smallest absolute Gasteiger partial charge is 0.227 e. The van der Waals surface area contributed by atoms with Gasteiger partial charge in [0.25, 0.3) is 0 Å². The van der Waals surface area contributed by atoms with Crippen molar-refractivity contribution >= 4 is 17.5 Å². The van der Waals surface area contributed by atoms with Gasteiger partial charge in [-0.2, -0.15) is 0 Å². The summed E-state index contributed by atoms with van der Waals surface area (Å²) in [6.45, 7) is 5.09. The molecular weight excluding hydrogens is 312 g/mol. The Hall–Kier alpha value is -2.62. The average Bonchev–Trinajstić information content (AvgIpc) is 2.97. The monoisotopic (exact) mass is 336 g/mol. The molecule has 130 valence electrons. The summed E-state index contributed by atoms with van der Waals surface area (Å²) in [5.41, 5.74) is 4.33. The number of rotatable bonds is 5. The Balaban J connectivity index is 1.57. The predicted octanol–water partition coefficient (Wildman–Crippen LogP) is 3.02. The number of anilines is 1. The van der Waals surface area contributed by atoms with Crippen LogP contribution in [0.1, 0.15) is 23.1 Å². The molecule has 3 rings (SSSR count). The molecule has 1 saturated heterocycles. The first kappa shape index (κ1) is 17.2. The van der Waals surface area contributed by atoms with Gasteiger partial charge >= 0.3 is 0 Å². The molecule has 1 atom stereocenters. The topological polar surface area (TPSA) is 49.4 Å². The van der Waals surface area contributed by atoms with Crippen LogP contribution < -0.4 is 10.2 Å². The van der Waals surface area contributed by atoms with Crippen LogP contribution in [-0.4, -0.2) is 24.9 Å². The van der Waals surface area contributed by atoms with Gasteiger partial charge in [0.2, 0.25) is 11.8 Å². The molecule has 1 fully saturated rings. The lowest BCUT2D eigenvalue weighted by molar-refractivity contribution is -0.126. The fraction of sp³-hybridized carbons (Fsp3) is 0.333. The lowest BCUT2D eigenvalue weighted by Gasteiger charge is -2.18. The maximum atomic E-state index is 12.4. The van der Waals surface area contributed by atoms with Gasteiger partial charge in [0.1, 0.15) is 0 Å². The highest BCUT2D eigenvalue weighted by molar-refractivity contribution is 6.00. The van der Waals surface area contributed by atoms with Gasteiger partial charge < -0.3 is 10.2 Å². The zero-order chi connectivity index (χ0) is 17.8. The van der Waals surface area contributed by atoms with E-state index in [-0.39, 0.29) is 24.2 Å². The molecule has 1 N–H and O–H groups in total. The molecule has 2 aromatic carbocycles. The molecule has 0 bridgehead atoms. The zero-order valence-electron chi connectivity index (χ0n) is 14.8. The molecule has 1 aliphatic heterocycles. The molecule has 0 saturated carbocycles. The van der Waals surface area contributed by atoms with E-state index in [1.54, 1.807) is 4.90 Å². The van der Waals surface area contributed by atoms with Crippen molar-refractivity contribution in [1.29, 1.82) is 0 Å². The average molecular weight is 336 g/mol. The van der Waals surface area contributed by atoms with Crippen LogP contribution in [0.4, 0.5) is 5.69 Å². The quantitative estimate of drug-likeness (QED) is 0.912. The van der Waals surface area contributed by atoms with Crippen LogP contribution in [-0.2, 0) is 16.0 Å². The van der Waals surface area contributed by atoms with Crippen molar-refractivity contribution in [1.82, 2.24) is 5.32 Å². The van der Waals surface area contributed by atoms with E-state index >= 15 is 0 Å². The first-order valence-electron chi connectivity index (χ1n) is 8.73. The van der Waals surface area contributed by atoms with Crippen molar-refractivity contribution < 1.29 is 9.59 Å². The number of hydrogen-bond donors (Lipinski definition) is 1. The summed E-state index contributed by atoms with van der Waals surface area (Å²) in [5.74, 6) is -0.284. The fourth-order valence-electron chi connectivity index (χ4n) is 3.36. The van der Waals surface area contributed by atoms with Crippen LogP contribution in [0, 0.1) is 19.8 Å². The Kier molecular flexibility index (Phi) is 5.17. The van der Waals surface area contributed by atoms with Crippen molar-refractivity contribution in [3.8, 4) is 0 Å². The van der Waals surface area contributed by atoms with Gasteiger partial charge in [-0.25, -0.2) is 0 Å². The van der Waals surface area contributed by atoms with Crippen molar-refractivity contribution in [2.45, 2.75) is 26.7 Å². The second-order valence-corrected chi connectivity index (χ2v) is 6.78. The molecule has 0 radical (unpaired) electrons. The molecule has 2 aromatic rings. The van der Waals surface area contributed by atoms with E-state index in [1.807, 2.05) is 56.3 Å². The van der Waals surface area contributed by atoms with E-state index in [4.69, 9.17) is 0 Å². The first-order valence-corrected chi connectivity index (χ1v) is 8.73. The van der Waals surface area contributed by atoms with Crippen molar-refractivity contribution in [2.24, 2.45) is 5.92 Å². The summed E-state index contributed by atoms with van der Waals surface area (Å²) < 4.78 is 0. The highest BCUT2D eigenvalue weighted by atomic mass is 16.2. The number of hydrogen-bond acceptors (Lipinski definition) is 2. The largest absolute Gasteiger partial charge is 0.355 e. The van der Waals surface area contributed by atoms with Crippen LogP contribution >= 0.6 is 0 Å². The van der Waals surface area contributed by atoms with Crippen LogP contribution in [0.15, 0.2) is 48.5 Å². The van der Waals surface area contributed by atoms with E-state index in [1.165, 1.54) is 5.56 Å². The Morgan fingerprint density at radius 1 is 1.12 bits per heavy atom. The molecule has 4 nitrogen and oxygen atoms in total. The Labute approximate surface area is 148 Å². The Morgan fingerprint density at radius 3 is 2.48 bits per heavy atom. The number of nitrogens with one attached hydrogen (secondary N) is 1. The summed E-state index contributed by atoms with van der Waals surface area (Å²) in [6.07, 6.45) is 1.08. The number of carbonyl (C=O) groups is 2. The molecule has 4 heteroatoms. The van der Waals surface area contributed by atoms with E-state index < -0.39 is 0 Å². The molecule has 1 aliphatic rings. The molecule has 0 unspecified atom stereocenters. The number of aryl methyl sites for hydroxylation is 2. The van der Waals surface area contributed by atoms with Gasteiger partial charge in [-0.05, 0) is 49.1 Å². The summed E-state index contributed by atoms with van der Waals surface area (Å²) in [7, 11) is 0. The highest BCUT2D eigenvalue weighted by Gasteiger charge is 2.35. The fourth-order valence-corrected chi connectivity index (χ4v) is 3.36. The number of amides is 2. The second kappa shape index (κ2) is 7.51. The number of benzene rings is 2. The minimum Gasteiger partial charge on any atom is -0.355 e. The number of nitrogens with zero attached hydrogens (tertiary/aromatic N) is 1. The van der Waals surface area contributed by atoms with Crippen LogP contribution in [0.3, 0.4) is 0 Å². The third kappa shape index (κ3) is 4.27. The van der Waals surface area contributed by atoms with E-state index in [0.29, 0.717) is 13.1 Å². The second-order valence-electron chi connectivity index (χ2n) is 6.78. The van der Waals surface area contributed by atoms with Crippen molar-refractivity contribution in [3.63, 3.8) is 0 Å². The molecule has 2 amide bonds. The van der Waals surface area contributed by atoms with Gasteiger partial charge in [-0.15, -0.1) is 0 Å². The van der Waals surface area contributed by atoms with Gasteiger partial charge in [0, 0.05) is 25.2 Å². The van der Waals surface area contributed by atoms with E-state index in [0.717, 1.165) is 23.2 Å². The molecule has 0 spiro atoms. The summed E-state index contributed by atoms with van der Waals surface area (Å²) >= 11 is 0. The normalized spacial score (nSPS) is 17.0. The van der Waals surface area contributed by atoms with Crippen molar-refractivity contribution in [3.05, 3.63) is 65.2 Å². The molecule has 1 heterocycles. The molecular formula is C21H24N2O2. The SMILES string of the molecule is Cc1cc(C)cc(N2C[C@@H](C(=O)NCCc3ccccc3)CC2=O)c1. The predicted molar refractivity (Wildman–Crippen MR) is 99.5 cm³/mol. The standard InChI is InChI=1S/C21H24N2O2/c1-15-10-16(2)12-19(11-15)23-14-18(13-20(23)24)21(25)22-9-8-17-6-4-3-5-7-17/h3-7,10-12,18H,8-9,13-14H2,1-2H3,(H,22,25)/t18-/m0/s1. The van der Waals surface area contributed by atoms with Crippen LogP contribution in [0.2, 0.25) is 0 Å². The van der Waals surface area contributed by atoms with Gasteiger partial charge in [0.05, 0.1) is 5.92 Å². The van der Waals surface area contributed by atoms with Gasteiger partial charge in [-0.3, -0.25) is 9.59 Å². The first-order chi connectivity index (χ1) is 12.0. The minimum atomic E-state index is -0.274. The Bertz CT molecular complexity index is 750. The molecule has 25 heavy (non-hydrogen) atoms. The van der Waals surface area contributed by atoms with E-state index in [9.17, 15) is 9.59 Å². The third-order valence-corrected chi connectivity index (χ3v) is 4.57. The third-order valence-electron chi connectivity index (χ3n) is 4.57. The molecule has 0 aliphatic carbocycles.